The molecule has 2 aromatic rings. The number of aliphatic hydroxyl groups is 2. The van der Waals surface area contributed by atoms with Crippen molar-refractivity contribution in [1.29, 1.82) is 0 Å². The molecule has 1 aliphatic carbocycles. The van der Waals surface area contributed by atoms with Crippen molar-refractivity contribution in [3.63, 3.8) is 0 Å². The Kier molecular flexibility index (Phi) is 8.36. The van der Waals surface area contributed by atoms with Gasteiger partial charge in [0.05, 0.1) is 6.04 Å². The first kappa shape index (κ1) is 28.3. The predicted octanol–water partition coefficient (Wildman–Crippen LogP) is 0.552. The maximum Gasteiger partial charge on any atom is 0.262 e. The summed E-state index contributed by atoms with van der Waals surface area (Å²) in [6, 6.07) is 12.1. The second-order valence-corrected chi connectivity index (χ2v) is 10.6. The Morgan fingerprint density at radius 3 is 2.10 bits per heavy atom. The molecule has 1 fully saturated rings. The minimum atomic E-state index is -2.01. The quantitative estimate of drug-likeness (QED) is 0.260. The fourth-order valence-electron chi connectivity index (χ4n) is 5.48. The van der Waals surface area contributed by atoms with Gasteiger partial charge in [-0.2, -0.15) is 0 Å². The van der Waals surface area contributed by atoms with Gasteiger partial charge >= 0.3 is 0 Å². The third kappa shape index (κ3) is 5.53. The molecule has 10 nitrogen and oxygen atoms in total. The molecular formula is C29H36N4O6. The highest BCUT2D eigenvalue weighted by Crippen LogP contribution is 2.47. The molecule has 0 radical (unpaired) electrons. The number of amides is 4. The number of rotatable bonds is 10. The Morgan fingerprint density at radius 2 is 1.59 bits per heavy atom. The molecule has 4 atom stereocenters. The number of carbonyl (C=O) groups is 4. The summed E-state index contributed by atoms with van der Waals surface area (Å²) in [7, 11) is 1.37. The maximum absolute atomic E-state index is 13.8. The van der Waals surface area contributed by atoms with Gasteiger partial charge in [-0.1, -0.05) is 62.4 Å². The molecule has 0 aromatic heterocycles. The van der Waals surface area contributed by atoms with Crippen molar-refractivity contribution >= 4 is 23.6 Å². The molecule has 2 aromatic carbocycles. The average Bonchev–Trinajstić information content (AvgIpc) is 3.45. The van der Waals surface area contributed by atoms with Gasteiger partial charge in [-0.05, 0) is 36.3 Å². The number of aliphatic hydroxyl groups excluding tert-OH is 1. The van der Waals surface area contributed by atoms with Crippen LogP contribution in [-0.4, -0.2) is 65.6 Å². The number of nitrogens with one attached hydrogen (secondary N) is 4. The molecule has 1 heterocycles. The Labute approximate surface area is 227 Å². The lowest BCUT2D eigenvalue weighted by Crippen LogP contribution is -2.58. The largest absolute Gasteiger partial charge is 0.381 e. The Hall–Kier alpha value is -3.76. The predicted molar refractivity (Wildman–Crippen MR) is 144 cm³/mol. The van der Waals surface area contributed by atoms with Gasteiger partial charge in [0.2, 0.25) is 11.8 Å². The van der Waals surface area contributed by atoms with Crippen LogP contribution in [0.2, 0.25) is 0 Å². The van der Waals surface area contributed by atoms with E-state index in [2.05, 4.69) is 21.3 Å². The van der Waals surface area contributed by atoms with E-state index in [4.69, 9.17) is 0 Å². The Bertz CT molecular complexity index is 1220. The molecule has 1 saturated heterocycles. The molecule has 0 spiro atoms. The molecule has 2 aliphatic rings. The van der Waals surface area contributed by atoms with Gasteiger partial charge in [-0.15, -0.1) is 0 Å². The third-order valence-corrected chi connectivity index (χ3v) is 7.51. The minimum Gasteiger partial charge on any atom is -0.381 e. The summed E-state index contributed by atoms with van der Waals surface area (Å²) >= 11 is 0. The highest BCUT2D eigenvalue weighted by Gasteiger charge is 2.48. The van der Waals surface area contributed by atoms with Gasteiger partial charge in [0.25, 0.3) is 11.8 Å². The van der Waals surface area contributed by atoms with Crippen molar-refractivity contribution in [2.24, 2.45) is 11.8 Å². The third-order valence-electron chi connectivity index (χ3n) is 7.51. The molecule has 10 heteroatoms. The summed E-state index contributed by atoms with van der Waals surface area (Å²) in [6.07, 6.45) is -0.785. The fourth-order valence-corrected chi connectivity index (χ4v) is 5.48. The van der Waals surface area contributed by atoms with Crippen LogP contribution in [0.4, 0.5) is 0 Å². The van der Waals surface area contributed by atoms with E-state index in [1.165, 1.54) is 7.05 Å². The van der Waals surface area contributed by atoms with Gasteiger partial charge < -0.3 is 31.5 Å². The molecule has 1 aliphatic heterocycles. The van der Waals surface area contributed by atoms with Crippen LogP contribution in [0.1, 0.15) is 44.2 Å². The SMILES string of the molecule is CNC(=O)C(O)[C@H](C[C@@H]1CCNC1=O)NC(=O)[C@H](CC(C)C)NC(=O)C1(O)c2ccccc2-c2ccccc21. The molecule has 208 valence electrons. The topological polar surface area (TPSA) is 157 Å². The fraction of sp³-hybridized carbons (Fsp3) is 0.448. The number of likely N-dealkylation sites (N-methyl/N-ethyl adjacent to an activating group) is 1. The second-order valence-electron chi connectivity index (χ2n) is 10.6. The van der Waals surface area contributed by atoms with Crippen LogP contribution in [-0.2, 0) is 24.8 Å². The van der Waals surface area contributed by atoms with Gasteiger partial charge in [0.15, 0.2) is 11.7 Å². The summed E-state index contributed by atoms with van der Waals surface area (Å²) in [6.45, 7) is 4.26. The highest BCUT2D eigenvalue weighted by molar-refractivity contribution is 6.00. The zero-order valence-corrected chi connectivity index (χ0v) is 22.4. The number of carbonyl (C=O) groups excluding carboxylic acids is 4. The van der Waals surface area contributed by atoms with E-state index in [1.807, 2.05) is 38.1 Å². The van der Waals surface area contributed by atoms with Crippen molar-refractivity contribution in [3.05, 3.63) is 59.7 Å². The van der Waals surface area contributed by atoms with E-state index >= 15 is 0 Å². The van der Waals surface area contributed by atoms with E-state index in [-0.39, 0.29) is 24.7 Å². The van der Waals surface area contributed by atoms with E-state index in [1.54, 1.807) is 24.3 Å². The van der Waals surface area contributed by atoms with Gasteiger partial charge in [-0.3, -0.25) is 19.2 Å². The smallest absolute Gasteiger partial charge is 0.262 e. The van der Waals surface area contributed by atoms with Crippen LogP contribution in [0.3, 0.4) is 0 Å². The molecule has 0 saturated carbocycles. The number of benzene rings is 2. The van der Waals surface area contributed by atoms with E-state index in [9.17, 15) is 29.4 Å². The first-order chi connectivity index (χ1) is 18.6. The molecule has 39 heavy (non-hydrogen) atoms. The summed E-state index contributed by atoms with van der Waals surface area (Å²) in [4.78, 5) is 51.8. The molecule has 1 unspecified atom stereocenters. The molecular weight excluding hydrogens is 500 g/mol. The van der Waals surface area contributed by atoms with E-state index in [0.717, 1.165) is 11.1 Å². The second kappa shape index (κ2) is 11.5. The molecule has 4 rings (SSSR count). The van der Waals surface area contributed by atoms with Crippen molar-refractivity contribution in [1.82, 2.24) is 21.3 Å². The zero-order valence-electron chi connectivity index (χ0n) is 22.4. The van der Waals surface area contributed by atoms with Crippen molar-refractivity contribution in [2.75, 3.05) is 13.6 Å². The Balaban J connectivity index is 1.60. The first-order valence-corrected chi connectivity index (χ1v) is 13.3. The van der Waals surface area contributed by atoms with Crippen LogP contribution in [0.25, 0.3) is 11.1 Å². The lowest BCUT2D eigenvalue weighted by Gasteiger charge is -2.30. The summed E-state index contributed by atoms with van der Waals surface area (Å²) in [5.41, 5.74) is 0.310. The average molecular weight is 537 g/mol. The monoisotopic (exact) mass is 536 g/mol. The molecule has 4 amide bonds. The summed E-state index contributed by atoms with van der Waals surface area (Å²) in [5.74, 6) is -2.75. The molecule has 0 bridgehead atoms. The number of fused-ring (bicyclic) bond motifs is 3. The lowest BCUT2D eigenvalue weighted by molar-refractivity contribution is -0.141. The maximum atomic E-state index is 13.8. The Morgan fingerprint density at radius 1 is 1.00 bits per heavy atom. The van der Waals surface area contributed by atoms with E-state index < -0.39 is 47.4 Å². The van der Waals surface area contributed by atoms with E-state index in [0.29, 0.717) is 24.1 Å². The van der Waals surface area contributed by atoms with Crippen molar-refractivity contribution in [3.8, 4) is 11.1 Å². The van der Waals surface area contributed by atoms with Crippen LogP contribution >= 0.6 is 0 Å². The van der Waals surface area contributed by atoms with Crippen LogP contribution in [0.5, 0.6) is 0 Å². The number of hydrogen-bond donors (Lipinski definition) is 6. The normalized spacial score (nSPS) is 19.3. The van der Waals surface area contributed by atoms with Gasteiger partial charge in [0.1, 0.15) is 6.04 Å². The van der Waals surface area contributed by atoms with Crippen molar-refractivity contribution in [2.45, 2.75) is 56.9 Å². The minimum absolute atomic E-state index is 0.0123. The molecule has 6 N–H and O–H groups in total. The van der Waals surface area contributed by atoms with Crippen LogP contribution < -0.4 is 21.3 Å². The lowest BCUT2D eigenvalue weighted by atomic mass is 9.89. The number of hydrogen-bond acceptors (Lipinski definition) is 6. The van der Waals surface area contributed by atoms with Crippen LogP contribution in [0.15, 0.2) is 48.5 Å². The van der Waals surface area contributed by atoms with Gasteiger partial charge in [-0.25, -0.2) is 0 Å². The van der Waals surface area contributed by atoms with Crippen LogP contribution in [0, 0.1) is 11.8 Å². The standard InChI is InChI=1S/C29H36N4O6/c1-16(2)14-23(26(36)32-22(24(34)27(37)30-3)15-17-12-13-31-25(17)35)33-28(38)29(39)20-10-6-4-8-18(20)19-9-5-7-11-21(19)29/h4-11,16-17,22-24,34,39H,12-15H2,1-3H3,(H,30,37)(H,31,35)(H,32,36)(H,33,38)/t17-,22-,23-,24?/m0/s1. The first-order valence-electron chi connectivity index (χ1n) is 13.3. The summed E-state index contributed by atoms with van der Waals surface area (Å²) in [5, 5.41) is 33.0. The van der Waals surface area contributed by atoms with Gasteiger partial charge in [0, 0.05) is 30.6 Å². The van der Waals surface area contributed by atoms with Crippen molar-refractivity contribution < 1.29 is 29.4 Å². The summed E-state index contributed by atoms with van der Waals surface area (Å²) < 4.78 is 0. The highest BCUT2D eigenvalue weighted by atomic mass is 16.3. The zero-order chi connectivity index (χ0) is 28.3.